The van der Waals surface area contributed by atoms with Crippen molar-refractivity contribution in [3.8, 4) is 0 Å². The summed E-state index contributed by atoms with van der Waals surface area (Å²) in [4.78, 5) is 14.6. The fourth-order valence-corrected chi connectivity index (χ4v) is 4.76. The first-order valence-corrected chi connectivity index (χ1v) is 9.92. The van der Waals surface area contributed by atoms with Crippen LogP contribution in [0.4, 0.5) is 0 Å². The van der Waals surface area contributed by atoms with E-state index < -0.39 is 10.0 Å². The van der Waals surface area contributed by atoms with Gasteiger partial charge in [-0.3, -0.25) is 4.79 Å². The molecule has 0 unspecified atom stereocenters. The average Bonchev–Trinajstić information content (AvgIpc) is 2.93. The zero-order valence-corrected chi connectivity index (χ0v) is 14.8. The average molecular weight is 351 g/mol. The number of likely N-dealkylation sites (tertiary alicyclic amines) is 1. The third-order valence-electron chi connectivity index (χ3n) is 5.18. The number of nitrogens with one attached hydrogen (secondary N) is 1. The molecule has 2 fully saturated rings. The molecule has 1 aromatic rings. The highest BCUT2D eigenvalue weighted by molar-refractivity contribution is 7.89. The maximum absolute atomic E-state index is 12.6. The third kappa shape index (κ3) is 3.63. The van der Waals surface area contributed by atoms with Crippen molar-refractivity contribution in [2.45, 2.75) is 17.7 Å². The van der Waals surface area contributed by atoms with Gasteiger partial charge in [-0.05, 0) is 49.9 Å². The largest absolute Gasteiger partial charge is 0.342 e. The van der Waals surface area contributed by atoms with Crippen LogP contribution in [0.5, 0.6) is 0 Å². The van der Waals surface area contributed by atoms with E-state index in [0.29, 0.717) is 11.8 Å². The van der Waals surface area contributed by atoms with Crippen LogP contribution in [0.15, 0.2) is 35.2 Å². The number of carbonyl (C=O) groups is 1. The molecule has 0 bridgehead atoms. The summed E-state index contributed by atoms with van der Waals surface area (Å²) in [6.07, 6.45) is 2.00. The van der Waals surface area contributed by atoms with Crippen molar-refractivity contribution in [3.63, 3.8) is 0 Å². The Kier molecular flexibility index (Phi) is 5.22. The lowest BCUT2D eigenvalue weighted by molar-refractivity contribution is -0.131. The Hall–Kier alpha value is -1.44. The van der Waals surface area contributed by atoms with Gasteiger partial charge in [0.2, 0.25) is 15.9 Å². The van der Waals surface area contributed by atoms with Crippen LogP contribution in [0.2, 0.25) is 0 Å². The van der Waals surface area contributed by atoms with Crippen molar-refractivity contribution in [2.24, 2.45) is 11.8 Å². The van der Waals surface area contributed by atoms with Crippen molar-refractivity contribution >= 4 is 15.9 Å². The minimum Gasteiger partial charge on any atom is -0.342 e. The second-order valence-electron chi connectivity index (χ2n) is 6.71. The van der Waals surface area contributed by atoms with Gasteiger partial charge in [-0.2, -0.15) is 4.31 Å². The quantitative estimate of drug-likeness (QED) is 0.870. The fraction of sp³-hybridized carbons (Fsp3) is 0.588. The molecule has 1 N–H and O–H groups in total. The molecule has 0 spiro atoms. The summed E-state index contributed by atoms with van der Waals surface area (Å²) < 4.78 is 26.2. The molecule has 6 nitrogen and oxygen atoms in total. The van der Waals surface area contributed by atoms with Crippen molar-refractivity contribution in [3.05, 3.63) is 30.3 Å². The van der Waals surface area contributed by atoms with Gasteiger partial charge >= 0.3 is 0 Å². The molecular weight excluding hydrogens is 326 g/mol. The van der Waals surface area contributed by atoms with E-state index in [-0.39, 0.29) is 17.3 Å². The van der Waals surface area contributed by atoms with Crippen molar-refractivity contribution in [1.29, 1.82) is 0 Å². The highest BCUT2D eigenvalue weighted by Gasteiger charge is 2.32. The van der Waals surface area contributed by atoms with Crippen LogP contribution < -0.4 is 5.32 Å². The van der Waals surface area contributed by atoms with E-state index in [1.54, 1.807) is 30.3 Å². The zero-order chi connectivity index (χ0) is 17.2. The molecule has 0 radical (unpaired) electrons. The van der Waals surface area contributed by atoms with E-state index in [1.807, 2.05) is 4.90 Å². The first-order chi connectivity index (χ1) is 11.5. The van der Waals surface area contributed by atoms with Gasteiger partial charge in [-0.1, -0.05) is 18.2 Å². The summed E-state index contributed by atoms with van der Waals surface area (Å²) in [5.41, 5.74) is 0. The molecule has 2 aliphatic rings. The zero-order valence-electron chi connectivity index (χ0n) is 14.0. The Bertz CT molecular complexity index is 664. The molecule has 2 heterocycles. The number of fused-ring (bicyclic) bond motifs is 1. The highest BCUT2D eigenvalue weighted by atomic mass is 32.2. The molecular formula is C17H25N3O3S. The summed E-state index contributed by atoms with van der Waals surface area (Å²) in [7, 11) is -2.15. The van der Waals surface area contributed by atoms with Gasteiger partial charge in [-0.25, -0.2) is 8.42 Å². The highest BCUT2D eigenvalue weighted by Crippen LogP contribution is 2.27. The molecule has 0 aromatic heterocycles. The van der Waals surface area contributed by atoms with Gasteiger partial charge in [0.25, 0.3) is 0 Å². The summed E-state index contributed by atoms with van der Waals surface area (Å²) in [6, 6.07) is 8.24. The van der Waals surface area contributed by atoms with Crippen LogP contribution in [0.1, 0.15) is 12.8 Å². The second-order valence-corrected chi connectivity index (χ2v) is 8.76. The van der Waals surface area contributed by atoms with Crippen molar-refractivity contribution in [1.82, 2.24) is 14.5 Å². The Labute approximate surface area is 143 Å². The SMILES string of the molecule is CN(CC(=O)N1CC[C@@H]2CNC[C@@H]2CC1)S(=O)(=O)c1ccccc1. The van der Waals surface area contributed by atoms with Crippen LogP contribution in [0.25, 0.3) is 0 Å². The van der Waals surface area contributed by atoms with E-state index in [4.69, 9.17) is 0 Å². The Morgan fingerprint density at radius 1 is 1.17 bits per heavy atom. The van der Waals surface area contributed by atoms with Crippen LogP contribution in [-0.2, 0) is 14.8 Å². The minimum atomic E-state index is -3.62. The Balaban J connectivity index is 1.62. The first kappa shape index (κ1) is 17.4. The van der Waals surface area contributed by atoms with E-state index in [9.17, 15) is 13.2 Å². The molecule has 3 rings (SSSR count). The van der Waals surface area contributed by atoms with Crippen LogP contribution in [0, 0.1) is 11.8 Å². The van der Waals surface area contributed by atoms with Gasteiger partial charge in [-0.15, -0.1) is 0 Å². The number of amides is 1. The van der Waals surface area contributed by atoms with Crippen LogP contribution in [-0.4, -0.2) is 63.3 Å². The third-order valence-corrected chi connectivity index (χ3v) is 7.00. The lowest BCUT2D eigenvalue weighted by Gasteiger charge is -2.24. The maximum atomic E-state index is 12.6. The van der Waals surface area contributed by atoms with Gasteiger partial charge in [0.15, 0.2) is 0 Å². The molecule has 2 aliphatic heterocycles. The fourth-order valence-electron chi connectivity index (χ4n) is 3.62. The number of benzene rings is 1. The molecule has 24 heavy (non-hydrogen) atoms. The summed E-state index contributed by atoms with van der Waals surface area (Å²) in [5.74, 6) is 1.19. The number of rotatable bonds is 4. The number of nitrogens with zero attached hydrogens (tertiary/aromatic N) is 2. The summed E-state index contributed by atoms with van der Waals surface area (Å²) in [6.45, 7) is 3.41. The lowest BCUT2D eigenvalue weighted by atomic mass is 9.92. The minimum absolute atomic E-state index is 0.106. The van der Waals surface area contributed by atoms with E-state index in [1.165, 1.54) is 7.05 Å². The Morgan fingerprint density at radius 3 is 2.33 bits per heavy atom. The first-order valence-electron chi connectivity index (χ1n) is 8.48. The maximum Gasteiger partial charge on any atom is 0.243 e. The van der Waals surface area contributed by atoms with Crippen LogP contribution >= 0.6 is 0 Å². The smallest absolute Gasteiger partial charge is 0.243 e. The monoisotopic (exact) mass is 351 g/mol. The molecule has 2 saturated heterocycles. The summed E-state index contributed by atoms with van der Waals surface area (Å²) in [5, 5.41) is 3.42. The topological polar surface area (TPSA) is 69.7 Å². The van der Waals surface area contributed by atoms with Crippen molar-refractivity contribution in [2.75, 3.05) is 39.8 Å². The standard InChI is InChI=1S/C17H25N3O3S/c1-19(24(22,23)16-5-3-2-4-6-16)13-17(21)20-9-7-14-11-18-12-15(14)8-10-20/h2-6,14-15,18H,7-13H2,1H3/t14-,15+. The molecule has 1 amide bonds. The number of sulfonamides is 1. The predicted molar refractivity (Wildman–Crippen MR) is 91.9 cm³/mol. The van der Waals surface area contributed by atoms with Gasteiger partial charge in [0.1, 0.15) is 0 Å². The normalized spacial score (nSPS) is 24.7. The molecule has 0 saturated carbocycles. The summed E-state index contributed by atoms with van der Waals surface area (Å²) >= 11 is 0. The molecule has 132 valence electrons. The molecule has 1 aromatic carbocycles. The predicted octanol–water partition coefficient (Wildman–Crippen LogP) is 0.765. The molecule has 7 heteroatoms. The van der Waals surface area contributed by atoms with Crippen molar-refractivity contribution < 1.29 is 13.2 Å². The molecule has 2 atom stereocenters. The number of carbonyl (C=O) groups excluding carboxylic acids is 1. The second kappa shape index (κ2) is 7.21. The van der Waals surface area contributed by atoms with E-state index >= 15 is 0 Å². The number of likely N-dealkylation sites (N-methyl/N-ethyl adjacent to an activating group) is 1. The van der Waals surface area contributed by atoms with Gasteiger partial charge < -0.3 is 10.2 Å². The van der Waals surface area contributed by atoms with Crippen LogP contribution in [0.3, 0.4) is 0 Å². The van der Waals surface area contributed by atoms with E-state index in [2.05, 4.69) is 5.32 Å². The Morgan fingerprint density at radius 2 is 1.75 bits per heavy atom. The van der Waals surface area contributed by atoms with Gasteiger partial charge in [0, 0.05) is 20.1 Å². The lowest BCUT2D eigenvalue weighted by Crippen LogP contribution is -2.41. The molecule has 0 aliphatic carbocycles. The van der Waals surface area contributed by atoms with Gasteiger partial charge in [0.05, 0.1) is 11.4 Å². The number of hydrogen-bond donors (Lipinski definition) is 1. The number of hydrogen-bond acceptors (Lipinski definition) is 4. The van der Waals surface area contributed by atoms with E-state index in [0.717, 1.165) is 43.3 Å².